The number of piperazine rings is 1. The zero-order valence-corrected chi connectivity index (χ0v) is 15.7. The molecule has 1 aromatic rings. The first-order valence-electron chi connectivity index (χ1n) is 9.80. The summed E-state index contributed by atoms with van der Waals surface area (Å²) in [4.78, 5) is 28.0. The Balaban J connectivity index is 1.50. The van der Waals surface area contributed by atoms with Crippen LogP contribution in [0.1, 0.15) is 45.4 Å². The summed E-state index contributed by atoms with van der Waals surface area (Å²) in [5.41, 5.74) is 1.89. The second-order valence-electron chi connectivity index (χ2n) is 7.34. The zero-order valence-electron chi connectivity index (χ0n) is 15.7. The monoisotopic (exact) mass is 358 g/mol. The van der Waals surface area contributed by atoms with Gasteiger partial charge in [-0.1, -0.05) is 31.7 Å². The normalized spacial score (nSPS) is 19.0. The van der Waals surface area contributed by atoms with Crippen molar-refractivity contribution >= 4 is 23.3 Å². The molecule has 0 bridgehead atoms. The van der Waals surface area contributed by atoms with Crippen molar-refractivity contribution in [3.05, 3.63) is 24.3 Å². The predicted molar refractivity (Wildman–Crippen MR) is 105 cm³/mol. The van der Waals surface area contributed by atoms with Gasteiger partial charge in [-0.2, -0.15) is 0 Å². The van der Waals surface area contributed by atoms with Gasteiger partial charge in [0, 0.05) is 50.5 Å². The SMILES string of the molecule is CC(=O)Nc1cccc(N2CCN(C(=O)NC3CCCCCC3)CC2)c1. The Labute approximate surface area is 155 Å². The molecule has 1 heterocycles. The van der Waals surface area contributed by atoms with E-state index >= 15 is 0 Å². The molecule has 1 saturated heterocycles. The van der Waals surface area contributed by atoms with E-state index < -0.39 is 0 Å². The molecule has 0 spiro atoms. The standard InChI is InChI=1S/C20H30N4O2/c1-16(25)21-18-9-6-10-19(15-18)23-11-13-24(14-12-23)20(26)22-17-7-4-2-3-5-8-17/h6,9-10,15,17H,2-5,7-8,11-14H2,1H3,(H,21,25)(H,22,26). The van der Waals surface area contributed by atoms with Gasteiger partial charge in [-0.3, -0.25) is 4.79 Å². The van der Waals surface area contributed by atoms with E-state index in [1.807, 2.05) is 29.2 Å². The van der Waals surface area contributed by atoms with Crippen molar-refractivity contribution in [2.45, 2.75) is 51.5 Å². The molecular weight excluding hydrogens is 328 g/mol. The Morgan fingerprint density at radius 3 is 2.35 bits per heavy atom. The number of hydrogen-bond acceptors (Lipinski definition) is 3. The molecule has 0 radical (unpaired) electrons. The lowest BCUT2D eigenvalue weighted by Crippen LogP contribution is -2.53. The fourth-order valence-corrected chi connectivity index (χ4v) is 3.84. The van der Waals surface area contributed by atoms with Crippen molar-refractivity contribution < 1.29 is 9.59 Å². The van der Waals surface area contributed by atoms with Crippen molar-refractivity contribution in [3.63, 3.8) is 0 Å². The predicted octanol–water partition coefficient (Wildman–Crippen LogP) is 3.20. The molecule has 2 N–H and O–H groups in total. The minimum Gasteiger partial charge on any atom is -0.368 e. The molecule has 6 nitrogen and oxygen atoms in total. The van der Waals surface area contributed by atoms with Crippen LogP contribution in [0, 0.1) is 0 Å². The fourth-order valence-electron chi connectivity index (χ4n) is 3.84. The first kappa shape index (κ1) is 18.5. The smallest absolute Gasteiger partial charge is 0.317 e. The highest BCUT2D eigenvalue weighted by Crippen LogP contribution is 2.21. The van der Waals surface area contributed by atoms with Crippen LogP contribution in [0.2, 0.25) is 0 Å². The Kier molecular flexibility index (Phi) is 6.36. The second-order valence-corrected chi connectivity index (χ2v) is 7.34. The lowest BCUT2D eigenvalue weighted by Gasteiger charge is -2.37. The third-order valence-electron chi connectivity index (χ3n) is 5.28. The molecule has 1 aromatic carbocycles. The number of rotatable bonds is 3. The molecule has 0 atom stereocenters. The quantitative estimate of drug-likeness (QED) is 0.816. The number of carbonyl (C=O) groups excluding carboxylic acids is 2. The number of nitrogens with one attached hydrogen (secondary N) is 2. The molecule has 2 fully saturated rings. The second kappa shape index (κ2) is 8.92. The summed E-state index contributed by atoms with van der Waals surface area (Å²) in [7, 11) is 0. The highest BCUT2D eigenvalue weighted by molar-refractivity contribution is 5.89. The van der Waals surface area contributed by atoms with E-state index in [2.05, 4.69) is 15.5 Å². The van der Waals surface area contributed by atoms with Crippen LogP contribution in [0.4, 0.5) is 16.2 Å². The summed E-state index contributed by atoms with van der Waals surface area (Å²) in [5, 5.41) is 6.06. The molecule has 3 amide bonds. The molecule has 1 aliphatic heterocycles. The number of benzene rings is 1. The molecule has 1 saturated carbocycles. The van der Waals surface area contributed by atoms with E-state index in [0.29, 0.717) is 6.04 Å². The van der Waals surface area contributed by atoms with E-state index in [9.17, 15) is 9.59 Å². The number of amides is 3. The Morgan fingerprint density at radius 2 is 1.69 bits per heavy atom. The average molecular weight is 358 g/mol. The van der Waals surface area contributed by atoms with Gasteiger partial charge in [-0.25, -0.2) is 4.79 Å². The van der Waals surface area contributed by atoms with Crippen LogP contribution in [-0.4, -0.2) is 49.1 Å². The maximum atomic E-state index is 12.5. The largest absolute Gasteiger partial charge is 0.368 e. The average Bonchev–Trinajstić information content (AvgIpc) is 2.90. The summed E-state index contributed by atoms with van der Waals surface area (Å²) < 4.78 is 0. The number of anilines is 2. The summed E-state index contributed by atoms with van der Waals surface area (Å²) in [6.07, 6.45) is 7.27. The third kappa shape index (κ3) is 5.13. The molecule has 3 rings (SSSR count). The fraction of sp³-hybridized carbons (Fsp3) is 0.600. The molecular formula is C20H30N4O2. The number of nitrogens with zero attached hydrogens (tertiary/aromatic N) is 2. The topological polar surface area (TPSA) is 64.7 Å². The van der Waals surface area contributed by atoms with Gasteiger partial charge in [-0.05, 0) is 31.0 Å². The van der Waals surface area contributed by atoms with Crippen LogP contribution in [0.5, 0.6) is 0 Å². The van der Waals surface area contributed by atoms with Crippen molar-refractivity contribution in [1.82, 2.24) is 10.2 Å². The summed E-state index contributed by atoms with van der Waals surface area (Å²) >= 11 is 0. The van der Waals surface area contributed by atoms with Crippen molar-refractivity contribution in [2.75, 3.05) is 36.4 Å². The lowest BCUT2D eigenvalue weighted by atomic mass is 10.1. The summed E-state index contributed by atoms with van der Waals surface area (Å²) in [6.45, 7) is 4.58. The van der Waals surface area contributed by atoms with Gasteiger partial charge in [0.2, 0.25) is 5.91 Å². The summed E-state index contributed by atoms with van der Waals surface area (Å²) in [5.74, 6) is -0.0675. The maximum Gasteiger partial charge on any atom is 0.317 e. The van der Waals surface area contributed by atoms with Crippen LogP contribution >= 0.6 is 0 Å². The zero-order chi connectivity index (χ0) is 18.4. The van der Waals surface area contributed by atoms with Crippen LogP contribution in [0.15, 0.2) is 24.3 Å². The van der Waals surface area contributed by atoms with Gasteiger partial charge in [-0.15, -0.1) is 0 Å². The lowest BCUT2D eigenvalue weighted by molar-refractivity contribution is -0.114. The molecule has 1 aliphatic carbocycles. The first-order valence-corrected chi connectivity index (χ1v) is 9.80. The molecule has 26 heavy (non-hydrogen) atoms. The van der Waals surface area contributed by atoms with E-state index in [-0.39, 0.29) is 11.9 Å². The number of carbonyl (C=O) groups is 2. The molecule has 6 heteroatoms. The van der Waals surface area contributed by atoms with Crippen molar-refractivity contribution in [2.24, 2.45) is 0 Å². The highest BCUT2D eigenvalue weighted by Gasteiger charge is 2.23. The van der Waals surface area contributed by atoms with Crippen molar-refractivity contribution in [1.29, 1.82) is 0 Å². The van der Waals surface area contributed by atoms with Gasteiger partial charge >= 0.3 is 6.03 Å². The first-order chi connectivity index (χ1) is 12.6. The third-order valence-corrected chi connectivity index (χ3v) is 5.28. The van der Waals surface area contributed by atoms with E-state index in [4.69, 9.17) is 0 Å². The van der Waals surface area contributed by atoms with E-state index in [1.165, 1.54) is 32.6 Å². The maximum absolute atomic E-state index is 12.5. The van der Waals surface area contributed by atoms with Gasteiger partial charge in [0.1, 0.15) is 0 Å². The Bertz CT molecular complexity index is 618. The van der Waals surface area contributed by atoms with Crippen molar-refractivity contribution in [3.8, 4) is 0 Å². The molecule has 0 aromatic heterocycles. The number of urea groups is 1. The number of hydrogen-bond donors (Lipinski definition) is 2. The van der Waals surface area contributed by atoms with Gasteiger partial charge in [0.15, 0.2) is 0 Å². The summed E-state index contributed by atoms with van der Waals surface area (Å²) in [6, 6.07) is 8.31. The minimum absolute atomic E-state index is 0.0675. The Morgan fingerprint density at radius 1 is 1.00 bits per heavy atom. The van der Waals surface area contributed by atoms with Crippen LogP contribution < -0.4 is 15.5 Å². The van der Waals surface area contributed by atoms with Gasteiger partial charge < -0.3 is 20.4 Å². The molecule has 142 valence electrons. The van der Waals surface area contributed by atoms with Gasteiger partial charge in [0.25, 0.3) is 0 Å². The van der Waals surface area contributed by atoms with Gasteiger partial charge in [0.05, 0.1) is 0 Å². The van der Waals surface area contributed by atoms with Crippen LogP contribution in [-0.2, 0) is 4.79 Å². The molecule has 2 aliphatic rings. The minimum atomic E-state index is -0.0675. The van der Waals surface area contributed by atoms with Crippen LogP contribution in [0.3, 0.4) is 0 Å². The van der Waals surface area contributed by atoms with E-state index in [0.717, 1.165) is 50.4 Å². The Hall–Kier alpha value is -2.24. The van der Waals surface area contributed by atoms with Crippen LogP contribution in [0.25, 0.3) is 0 Å². The highest BCUT2D eigenvalue weighted by atomic mass is 16.2. The molecule has 0 unspecified atom stereocenters. The van der Waals surface area contributed by atoms with E-state index in [1.54, 1.807) is 0 Å².